The van der Waals surface area contributed by atoms with Crippen molar-refractivity contribution >= 4 is 23.1 Å². The van der Waals surface area contributed by atoms with Gasteiger partial charge in [0.25, 0.3) is 0 Å². The van der Waals surface area contributed by atoms with E-state index in [0.29, 0.717) is 12.4 Å². The fraction of sp³-hybridized carbons (Fsp3) is 0.261. The van der Waals surface area contributed by atoms with Crippen LogP contribution in [0.5, 0.6) is 11.5 Å². The minimum Gasteiger partial charge on any atom is -0.493 e. The standard InChI is InChI=1S/C23H24N4O2S2/c1-5-29-19-11-10-17(12-20(19)28-4)22-24-18(13-30-22)14-31-23-26-25-21(27(23)3)16-8-6-15(2)7-9-16/h6-13H,5,14H2,1-4H3. The summed E-state index contributed by atoms with van der Waals surface area (Å²) in [6, 6.07) is 14.2. The van der Waals surface area contributed by atoms with Gasteiger partial charge in [0.2, 0.25) is 0 Å². The molecule has 0 saturated heterocycles. The van der Waals surface area contributed by atoms with Crippen molar-refractivity contribution in [3.63, 3.8) is 0 Å². The predicted octanol–water partition coefficient (Wildman–Crippen LogP) is 5.61. The van der Waals surface area contributed by atoms with Crippen LogP contribution in [-0.4, -0.2) is 33.5 Å². The zero-order valence-corrected chi connectivity index (χ0v) is 19.6. The molecule has 6 nitrogen and oxygen atoms in total. The number of nitrogens with zero attached hydrogens (tertiary/aromatic N) is 4. The molecule has 0 fully saturated rings. The quantitative estimate of drug-likeness (QED) is 0.324. The summed E-state index contributed by atoms with van der Waals surface area (Å²) in [5.74, 6) is 3.05. The highest BCUT2D eigenvalue weighted by Crippen LogP contribution is 2.34. The summed E-state index contributed by atoms with van der Waals surface area (Å²) in [7, 11) is 3.65. The van der Waals surface area contributed by atoms with Crippen LogP contribution in [0.3, 0.4) is 0 Å². The minimum atomic E-state index is 0.599. The molecule has 0 aliphatic rings. The number of methoxy groups -OCH3 is 1. The minimum absolute atomic E-state index is 0.599. The zero-order valence-electron chi connectivity index (χ0n) is 18.0. The number of rotatable bonds is 8. The van der Waals surface area contributed by atoms with Crippen LogP contribution in [-0.2, 0) is 12.8 Å². The van der Waals surface area contributed by atoms with Crippen molar-refractivity contribution in [1.82, 2.24) is 19.7 Å². The molecule has 4 rings (SSSR count). The maximum Gasteiger partial charge on any atom is 0.191 e. The van der Waals surface area contributed by atoms with Gasteiger partial charge in [-0.3, -0.25) is 0 Å². The monoisotopic (exact) mass is 452 g/mol. The fourth-order valence-corrected chi connectivity index (χ4v) is 4.84. The Balaban J connectivity index is 1.46. The smallest absolute Gasteiger partial charge is 0.191 e. The Bertz CT molecular complexity index is 1170. The summed E-state index contributed by atoms with van der Waals surface area (Å²) in [5, 5.41) is 12.6. The van der Waals surface area contributed by atoms with E-state index in [2.05, 4.69) is 46.8 Å². The van der Waals surface area contributed by atoms with Gasteiger partial charge in [0.1, 0.15) is 5.01 Å². The zero-order chi connectivity index (χ0) is 21.8. The van der Waals surface area contributed by atoms with E-state index in [9.17, 15) is 0 Å². The number of hydrogen-bond acceptors (Lipinski definition) is 7. The van der Waals surface area contributed by atoms with Crippen molar-refractivity contribution in [2.45, 2.75) is 24.8 Å². The third kappa shape index (κ3) is 4.75. The van der Waals surface area contributed by atoms with Crippen LogP contribution in [0.15, 0.2) is 53.0 Å². The van der Waals surface area contributed by atoms with Crippen LogP contribution in [0.4, 0.5) is 0 Å². The second-order valence-corrected chi connectivity index (χ2v) is 8.76. The van der Waals surface area contributed by atoms with Gasteiger partial charge in [0.15, 0.2) is 22.5 Å². The summed E-state index contributed by atoms with van der Waals surface area (Å²) >= 11 is 3.25. The summed E-state index contributed by atoms with van der Waals surface area (Å²) in [6.07, 6.45) is 0. The average Bonchev–Trinajstić information content (AvgIpc) is 3.40. The second-order valence-electron chi connectivity index (χ2n) is 6.96. The number of hydrogen-bond donors (Lipinski definition) is 0. The van der Waals surface area contributed by atoms with Gasteiger partial charge in [-0.15, -0.1) is 21.5 Å². The highest BCUT2D eigenvalue weighted by Gasteiger charge is 2.14. The van der Waals surface area contributed by atoms with Crippen molar-refractivity contribution in [2.24, 2.45) is 7.05 Å². The van der Waals surface area contributed by atoms with Gasteiger partial charge < -0.3 is 14.0 Å². The van der Waals surface area contributed by atoms with Crippen LogP contribution in [0, 0.1) is 6.92 Å². The van der Waals surface area contributed by atoms with Crippen molar-refractivity contribution in [2.75, 3.05) is 13.7 Å². The predicted molar refractivity (Wildman–Crippen MR) is 126 cm³/mol. The topological polar surface area (TPSA) is 62.1 Å². The lowest BCUT2D eigenvalue weighted by atomic mass is 10.1. The highest BCUT2D eigenvalue weighted by atomic mass is 32.2. The molecule has 160 valence electrons. The van der Waals surface area contributed by atoms with Crippen molar-refractivity contribution in [3.05, 3.63) is 59.1 Å². The lowest BCUT2D eigenvalue weighted by Crippen LogP contribution is -1.95. The summed E-state index contributed by atoms with van der Waals surface area (Å²) in [5.41, 5.74) is 4.32. The largest absolute Gasteiger partial charge is 0.493 e. The van der Waals surface area contributed by atoms with Crippen LogP contribution in [0.25, 0.3) is 22.0 Å². The van der Waals surface area contributed by atoms with E-state index in [0.717, 1.165) is 44.3 Å². The molecule has 2 aromatic carbocycles. The summed E-state index contributed by atoms with van der Waals surface area (Å²) < 4.78 is 13.1. The van der Waals surface area contributed by atoms with Crippen LogP contribution >= 0.6 is 23.1 Å². The molecule has 0 unspecified atom stereocenters. The first-order valence-electron chi connectivity index (χ1n) is 9.94. The molecule has 0 atom stereocenters. The molecular weight excluding hydrogens is 428 g/mol. The third-order valence-corrected chi connectivity index (χ3v) is 6.75. The van der Waals surface area contributed by atoms with Crippen LogP contribution in [0.1, 0.15) is 18.2 Å². The van der Waals surface area contributed by atoms with E-state index in [-0.39, 0.29) is 0 Å². The van der Waals surface area contributed by atoms with Crippen molar-refractivity contribution in [3.8, 4) is 33.5 Å². The van der Waals surface area contributed by atoms with E-state index >= 15 is 0 Å². The molecule has 0 amide bonds. The molecular formula is C23H24N4O2S2. The Labute approximate surface area is 190 Å². The van der Waals surface area contributed by atoms with Gasteiger partial charge in [-0.1, -0.05) is 41.6 Å². The first kappa shape index (κ1) is 21.4. The second kappa shape index (κ2) is 9.53. The maximum atomic E-state index is 5.60. The number of thioether (sulfide) groups is 1. The number of aromatic nitrogens is 4. The maximum absolute atomic E-state index is 5.60. The van der Waals surface area contributed by atoms with Crippen molar-refractivity contribution < 1.29 is 9.47 Å². The van der Waals surface area contributed by atoms with Gasteiger partial charge in [0.05, 0.1) is 19.4 Å². The fourth-order valence-electron chi connectivity index (χ4n) is 3.11. The lowest BCUT2D eigenvalue weighted by Gasteiger charge is -2.09. The molecule has 0 spiro atoms. The Morgan fingerprint density at radius 3 is 2.55 bits per heavy atom. The lowest BCUT2D eigenvalue weighted by molar-refractivity contribution is 0.311. The Morgan fingerprint density at radius 1 is 1.03 bits per heavy atom. The molecule has 0 aliphatic carbocycles. The van der Waals surface area contributed by atoms with Crippen molar-refractivity contribution in [1.29, 1.82) is 0 Å². The number of benzene rings is 2. The molecule has 0 aliphatic heterocycles. The normalized spacial score (nSPS) is 11.0. The Kier molecular flexibility index (Phi) is 6.58. The van der Waals surface area contributed by atoms with Crippen LogP contribution < -0.4 is 9.47 Å². The van der Waals surface area contributed by atoms with E-state index in [1.54, 1.807) is 30.2 Å². The van der Waals surface area contributed by atoms with E-state index in [1.165, 1.54) is 5.56 Å². The molecule has 0 saturated carbocycles. The molecule has 0 N–H and O–H groups in total. The molecule has 8 heteroatoms. The molecule has 0 radical (unpaired) electrons. The Hall–Kier alpha value is -2.84. The summed E-state index contributed by atoms with van der Waals surface area (Å²) in [4.78, 5) is 4.79. The SMILES string of the molecule is CCOc1ccc(-c2nc(CSc3nnc(-c4ccc(C)cc4)n3C)cs2)cc1OC. The highest BCUT2D eigenvalue weighted by molar-refractivity contribution is 7.98. The Morgan fingerprint density at radius 2 is 1.81 bits per heavy atom. The number of thiazole rings is 1. The van der Waals surface area contributed by atoms with Gasteiger partial charge in [-0.05, 0) is 32.0 Å². The van der Waals surface area contributed by atoms with E-state index in [1.807, 2.05) is 36.7 Å². The first-order chi connectivity index (χ1) is 15.1. The first-order valence-corrected chi connectivity index (χ1v) is 11.8. The molecule has 0 bridgehead atoms. The molecule has 2 heterocycles. The number of aryl methyl sites for hydroxylation is 1. The van der Waals surface area contributed by atoms with Gasteiger partial charge in [-0.2, -0.15) is 0 Å². The van der Waals surface area contributed by atoms with E-state index in [4.69, 9.17) is 14.5 Å². The molecule has 31 heavy (non-hydrogen) atoms. The van der Waals surface area contributed by atoms with E-state index < -0.39 is 0 Å². The van der Waals surface area contributed by atoms with Crippen LogP contribution in [0.2, 0.25) is 0 Å². The third-order valence-electron chi connectivity index (χ3n) is 4.76. The summed E-state index contributed by atoms with van der Waals surface area (Å²) in [6.45, 7) is 4.63. The van der Waals surface area contributed by atoms with Gasteiger partial charge in [-0.25, -0.2) is 4.98 Å². The number of ether oxygens (including phenoxy) is 2. The van der Waals surface area contributed by atoms with Gasteiger partial charge >= 0.3 is 0 Å². The molecule has 4 aromatic rings. The van der Waals surface area contributed by atoms with Gasteiger partial charge in [0, 0.05) is 29.3 Å². The average molecular weight is 453 g/mol. The molecule has 2 aromatic heterocycles.